The highest BCUT2D eigenvalue weighted by atomic mass is 32.2. The van der Waals surface area contributed by atoms with Gasteiger partial charge in [-0.2, -0.15) is 11.8 Å². The van der Waals surface area contributed by atoms with Gasteiger partial charge in [-0.15, -0.1) is 0 Å². The lowest BCUT2D eigenvalue weighted by Gasteiger charge is -2.37. The van der Waals surface area contributed by atoms with Crippen molar-refractivity contribution in [1.82, 2.24) is 14.9 Å². The maximum atomic E-state index is 12.3. The predicted molar refractivity (Wildman–Crippen MR) is 68.9 cm³/mol. The Hall–Kier alpha value is -1.30. The monoisotopic (exact) mass is 252 g/mol. The quantitative estimate of drug-likeness (QED) is 0.808. The number of rotatable bonds is 1. The first kappa shape index (κ1) is 12.2. The second-order valence-corrected chi connectivity index (χ2v) is 5.63. The van der Waals surface area contributed by atoms with Gasteiger partial charge in [0, 0.05) is 23.6 Å². The van der Waals surface area contributed by atoms with Gasteiger partial charge in [0.25, 0.3) is 5.91 Å². The topological polar surface area (TPSA) is 72.1 Å². The highest BCUT2D eigenvalue weighted by molar-refractivity contribution is 8.00. The number of nitrogens with two attached hydrogens (primary N) is 1. The fourth-order valence-electron chi connectivity index (χ4n) is 1.85. The van der Waals surface area contributed by atoms with Crippen molar-refractivity contribution in [1.29, 1.82) is 0 Å². The maximum Gasteiger partial charge on any atom is 0.274 e. The molecule has 0 aromatic carbocycles. The molecular weight excluding hydrogens is 236 g/mol. The Balaban J connectivity index is 2.19. The van der Waals surface area contributed by atoms with Gasteiger partial charge in [0.1, 0.15) is 11.5 Å². The molecule has 0 saturated carbocycles. The number of anilines is 1. The van der Waals surface area contributed by atoms with Gasteiger partial charge >= 0.3 is 0 Å². The molecule has 0 bridgehead atoms. The van der Waals surface area contributed by atoms with E-state index in [1.807, 2.05) is 16.7 Å². The van der Waals surface area contributed by atoms with Crippen LogP contribution >= 0.6 is 11.8 Å². The van der Waals surface area contributed by atoms with Crippen LogP contribution in [0.2, 0.25) is 0 Å². The van der Waals surface area contributed by atoms with E-state index in [2.05, 4.69) is 23.8 Å². The van der Waals surface area contributed by atoms with Crippen molar-refractivity contribution in [3.05, 3.63) is 18.1 Å². The van der Waals surface area contributed by atoms with E-state index >= 15 is 0 Å². The summed E-state index contributed by atoms with van der Waals surface area (Å²) < 4.78 is 0. The Morgan fingerprint density at radius 1 is 1.53 bits per heavy atom. The molecule has 2 unspecified atom stereocenters. The molecular formula is C11H16N4OS. The zero-order valence-electron chi connectivity index (χ0n) is 9.96. The van der Waals surface area contributed by atoms with Crippen LogP contribution in [0.5, 0.6) is 0 Å². The molecule has 2 rings (SSSR count). The minimum Gasteiger partial charge on any atom is -0.382 e. The van der Waals surface area contributed by atoms with Crippen LogP contribution in [0, 0.1) is 0 Å². The summed E-state index contributed by atoms with van der Waals surface area (Å²) in [5.41, 5.74) is 5.87. The molecule has 6 heteroatoms. The number of amides is 1. The largest absolute Gasteiger partial charge is 0.382 e. The molecule has 1 aliphatic rings. The number of thioether (sulfide) groups is 1. The van der Waals surface area contributed by atoms with Gasteiger partial charge in [-0.3, -0.25) is 9.78 Å². The van der Waals surface area contributed by atoms with Crippen LogP contribution in [-0.2, 0) is 0 Å². The third-order valence-corrected chi connectivity index (χ3v) is 4.35. The Morgan fingerprint density at radius 2 is 2.29 bits per heavy atom. The molecule has 2 N–H and O–H groups in total. The van der Waals surface area contributed by atoms with Crippen molar-refractivity contribution in [2.45, 2.75) is 25.1 Å². The Kier molecular flexibility index (Phi) is 3.51. The summed E-state index contributed by atoms with van der Waals surface area (Å²) in [4.78, 5) is 22.0. The average Bonchev–Trinajstić information content (AvgIpc) is 2.32. The Morgan fingerprint density at radius 3 is 3.00 bits per heavy atom. The van der Waals surface area contributed by atoms with E-state index in [9.17, 15) is 4.79 Å². The Bertz CT molecular complexity index is 426. The summed E-state index contributed by atoms with van der Waals surface area (Å²) in [5.74, 6) is 1.17. The summed E-state index contributed by atoms with van der Waals surface area (Å²) in [7, 11) is 0. The maximum absolute atomic E-state index is 12.3. The van der Waals surface area contributed by atoms with Crippen molar-refractivity contribution in [2.24, 2.45) is 0 Å². The van der Waals surface area contributed by atoms with E-state index in [0.29, 0.717) is 10.9 Å². The van der Waals surface area contributed by atoms with E-state index in [-0.39, 0.29) is 17.8 Å². The molecule has 1 saturated heterocycles. The van der Waals surface area contributed by atoms with Gasteiger partial charge in [0.15, 0.2) is 0 Å². The zero-order chi connectivity index (χ0) is 12.4. The summed E-state index contributed by atoms with van der Waals surface area (Å²) in [6, 6.07) is 0.212. The molecule has 92 valence electrons. The number of carbonyl (C=O) groups is 1. The highest BCUT2D eigenvalue weighted by Gasteiger charge is 2.30. The normalized spacial score (nSPS) is 24.7. The van der Waals surface area contributed by atoms with Gasteiger partial charge in [0.05, 0.1) is 12.4 Å². The molecule has 17 heavy (non-hydrogen) atoms. The molecule has 0 radical (unpaired) electrons. The molecule has 0 spiro atoms. The molecule has 2 heterocycles. The molecule has 5 nitrogen and oxygen atoms in total. The molecule has 0 aliphatic carbocycles. The third-order valence-electron chi connectivity index (χ3n) is 3.02. The van der Waals surface area contributed by atoms with Crippen LogP contribution in [0.4, 0.5) is 5.82 Å². The zero-order valence-corrected chi connectivity index (χ0v) is 10.8. The highest BCUT2D eigenvalue weighted by Crippen LogP contribution is 2.25. The van der Waals surface area contributed by atoms with Crippen LogP contribution in [0.3, 0.4) is 0 Å². The fraction of sp³-hybridized carbons (Fsp3) is 0.545. The number of hydrogen-bond acceptors (Lipinski definition) is 5. The summed E-state index contributed by atoms with van der Waals surface area (Å²) >= 11 is 1.89. The second kappa shape index (κ2) is 4.91. The molecule has 1 aromatic rings. The smallest absolute Gasteiger partial charge is 0.274 e. The minimum absolute atomic E-state index is 0.0792. The fourth-order valence-corrected chi connectivity index (χ4v) is 2.95. The first-order valence-electron chi connectivity index (χ1n) is 5.59. The predicted octanol–water partition coefficient (Wildman–Crippen LogP) is 1.02. The lowest BCUT2D eigenvalue weighted by atomic mass is 10.2. The van der Waals surface area contributed by atoms with Gasteiger partial charge in [0.2, 0.25) is 0 Å². The SMILES string of the molecule is CC1SCCN(C(=O)c2cncc(N)n2)C1C. The molecule has 2 atom stereocenters. The number of hydrogen-bond donors (Lipinski definition) is 1. The van der Waals surface area contributed by atoms with Gasteiger partial charge < -0.3 is 10.6 Å². The second-order valence-electron chi connectivity index (χ2n) is 4.14. The average molecular weight is 252 g/mol. The van der Waals surface area contributed by atoms with Crippen molar-refractivity contribution in [3.8, 4) is 0 Å². The number of nitrogen functional groups attached to an aromatic ring is 1. The molecule has 1 amide bonds. The van der Waals surface area contributed by atoms with Crippen molar-refractivity contribution in [3.63, 3.8) is 0 Å². The van der Waals surface area contributed by atoms with Gasteiger partial charge in [-0.05, 0) is 6.92 Å². The Labute approximate surface area is 105 Å². The number of nitrogens with zero attached hydrogens (tertiary/aromatic N) is 3. The standard InChI is InChI=1S/C11H16N4OS/c1-7-8(2)17-4-3-15(7)11(16)9-5-13-6-10(12)14-9/h5-8H,3-4H2,1-2H3,(H2,12,14). The van der Waals surface area contributed by atoms with Crippen LogP contribution in [0.1, 0.15) is 24.3 Å². The minimum atomic E-state index is -0.0792. The van der Waals surface area contributed by atoms with Gasteiger partial charge in [-0.25, -0.2) is 4.98 Å². The van der Waals surface area contributed by atoms with Crippen molar-refractivity contribution >= 4 is 23.5 Å². The van der Waals surface area contributed by atoms with Crippen molar-refractivity contribution in [2.75, 3.05) is 18.0 Å². The first-order valence-corrected chi connectivity index (χ1v) is 6.64. The van der Waals surface area contributed by atoms with Crippen LogP contribution in [-0.4, -0.2) is 44.4 Å². The van der Waals surface area contributed by atoms with Crippen molar-refractivity contribution < 1.29 is 4.79 Å². The van der Waals surface area contributed by atoms with Crippen LogP contribution in [0.15, 0.2) is 12.4 Å². The molecule has 1 aliphatic heterocycles. The van der Waals surface area contributed by atoms with Crippen LogP contribution < -0.4 is 5.73 Å². The van der Waals surface area contributed by atoms with E-state index in [1.165, 1.54) is 12.4 Å². The van der Waals surface area contributed by atoms with E-state index < -0.39 is 0 Å². The van der Waals surface area contributed by atoms with Crippen LogP contribution in [0.25, 0.3) is 0 Å². The third kappa shape index (κ3) is 2.52. The van der Waals surface area contributed by atoms with Gasteiger partial charge in [-0.1, -0.05) is 6.92 Å². The number of aromatic nitrogens is 2. The lowest BCUT2D eigenvalue weighted by Crippen LogP contribution is -2.48. The molecule has 1 aromatic heterocycles. The number of carbonyl (C=O) groups excluding carboxylic acids is 1. The van der Waals surface area contributed by atoms with E-state index in [4.69, 9.17) is 5.73 Å². The molecule has 1 fully saturated rings. The summed E-state index contributed by atoms with van der Waals surface area (Å²) in [6.07, 6.45) is 2.91. The van der Waals surface area contributed by atoms with E-state index in [0.717, 1.165) is 12.3 Å². The summed E-state index contributed by atoms with van der Waals surface area (Å²) in [6.45, 7) is 4.96. The summed E-state index contributed by atoms with van der Waals surface area (Å²) in [5, 5.41) is 0.446. The van der Waals surface area contributed by atoms with E-state index in [1.54, 1.807) is 0 Å². The first-order chi connectivity index (χ1) is 8.09. The lowest BCUT2D eigenvalue weighted by molar-refractivity contribution is 0.0692.